The van der Waals surface area contributed by atoms with Crippen LogP contribution in [0.4, 0.5) is 11.5 Å². The van der Waals surface area contributed by atoms with Crippen LogP contribution in [0, 0.1) is 15.9 Å². The summed E-state index contributed by atoms with van der Waals surface area (Å²) in [5.74, 6) is 1.54. The fourth-order valence-corrected chi connectivity index (χ4v) is 8.69. The summed E-state index contributed by atoms with van der Waals surface area (Å²) in [5.41, 5.74) is 5.78. The Bertz CT molecular complexity index is 3530. The first-order valence-corrected chi connectivity index (χ1v) is 20.0. The number of anilines is 2. The number of aromatic nitrogens is 5. The van der Waals surface area contributed by atoms with Gasteiger partial charge in [0.2, 0.25) is 0 Å². The molecule has 6 aromatic carbocycles. The standard InChI is InChI=1S/C50H39BN6O.Pt/c1-50(2,3)37-27-29-52-48(31-37)56-47-33-40(25-26-43(47)44-28-30-53-57(44)51(56)4)58-39-20-13-19-38(32-39)54-34-55(46-24-12-11-23-45(46)54)49-41(35-15-7-5-8-16-35)21-14-22-42(49)36-17-9-6-10-18-36;/h5-31H,1-4H3;/q-2;/i5D,6D,7D,8D,9D,10D,15D,16D,17D,18D;. The molecule has 59 heavy (non-hydrogen) atoms. The molecule has 1 aliphatic heterocycles. The molecule has 0 amide bonds. The van der Waals surface area contributed by atoms with Crippen LogP contribution in [0.1, 0.15) is 40.0 Å². The van der Waals surface area contributed by atoms with E-state index in [1.54, 1.807) is 30.5 Å². The first-order chi connectivity index (χ1) is 32.9. The number of ether oxygens (including phenoxy) is 1. The van der Waals surface area contributed by atoms with E-state index in [1.165, 1.54) is 0 Å². The number of benzene rings is 6. The van der Waals surface area contributed by atoms with Gasteiger partial charge in [0.15, 0.2) is 0 Å². The van der Waals surface area contributed by atoms with E-state index in [0.717, 1.165) is 28.3 Å². The molecular weight excluding hydrogens is 906 g/mol. The van der Waals surface area contributed by atoms with Crippen molar-refractivity contribution >= 4 is 29.5 Å². The zero-order chi connectivity index (χ0) is 49.0. The number of pyridine rings is 1. The fourth-order valence-electron chi connectivity index (χ4n) is 7.62. The van der Waals surface area contributed by atoms with Crippen molar-refractivity contribution in [2.45, 2.75) is 33.0 Å². The predicted molar refractivity (Wildman–Crippen MR) is 234 cm³/mol. The molecular formula is C50H39BN6OPt-2. The Morgan fingerprint density at radius 2 is 1.36 bits per heavy atom. The number of hydrogen-bond acceptors (Lipinski definition) is 4. The Kier molecular flexibility index (Phi) is 6.79. The third-order valence-corrected chi connectivity index (χ3v) is 11.4. The maximum absolute atomic E-state index is 9.05. The van der Waals surface area contributed by atoms with E-state index in [1.807, 2.05) is 80.6 Å². The van der Waals surface area contributed by atoms with Gasteiger partial charge in [-0.05, 0) is 17.0 Å². The van der Waals surface area contributed by atoms with Gasteiger partial charge in [-0.1, -0.05) is 20.8 Å². The van der Waals surface area contributed by atoms with E-state index in [4.69, 9.17) is 23.4 Å². The van der Waals surface area contributed by atoms with Gasteiger partial charge >= 0.3 is 315 Å². The second kappa shape index (κ2) is 14.7. The van der Waals surface area contributed by atoms with Crippen molar-refractivity contribution < 1.29 is 37.8 Å². The normalized spacial score (nSPS) is 14.8. The Labute approximate surface area is 369 Å². The minimum absolute atomic E-state index is 0.117. The molecule has 0 saturated carbocycles. The molecule has 3 aromatic heterocycles. The molecule has 0 bridgehead atoms. The quantitative estimate of drug-likeness (QED) is 0.118. The van der Waals surface area contributed by atoms with E-state index in [0.29, 0.717) is 32.0 Å². The molecule has 0 spiro atoms. The third-order valence-electron chi connectivity index (χ3n) is 10.4. The topological polar surface area (TPSA) is 53.0 Å². The molecule has 9 aromatic rings. The van der Waals surface area contributed by atoms with Gasteiger partial charge in [-0.25, -0.2) is 0 Å². The summed E-state index contributed by atoms with van der Waals surface area (Å²) < 4.78 is 100. The van der Waals surface area contributed by atoms with E-state index < -0.39 is 60.4 Å². The first kappa shape index (κ1) is 27.2. The van der Waals surface area contributed by atoms with E-state index >= 15 is 0 Å². The zero-order valence-corrected chi connectivity index (χ0v) is 34.6. The molecule has 0 aliphatic carbocycles. The molecule has 9 heteroatoms. The van der Waals surface area contributed by atoms with Crippen molar-refractivity contribution in [1.82, 2.24) is 23.8 Å². The molecule has 1 aliphatic rings. The van der Waals surface area contributed by atoms with Gasteiger partial charge in [0.25, 0.3) is 0 Å². The van der Waals surface area contributed by atoms with Gasteiger partial charge in [-0.2, -0.15) is 5.10 Å². The van der Waals surface area contributed by atoms with E-state index in [9.17, 15) is 0 Å². The van der Waals surface area contributed by atoms with Crippen LogP contribution in [0.2, 0.25) is 6.82 Å². The molecule has 0 atom stereocenters. The van der Waals surface area contributed by atoms with Gasteiger partial charge < -0.3 is 0 Å². The molecule has 0 saturated heterocycles. The number of imidazole rings is 1. The summed E-state index contributed by atoms with van der Waals surface area (Å²) in [5, 5.41) is 4.65. The SMILES string of the molecule is [2H]c1c([2H])c([2H])c(-c2cccc(-c3c([2H])c([2H])c([2H])c([2H])c3[2H])c2-n2[c](=[Pt])n(-c3[c-]c(Oc4[c-]c5c(cc4)-c4ccnn4B(C)N5c4cc(C(C)(C)C)ccn4)ccc3)c3ccccc32)c([2H])c1[2H]. The number of rotatable bonds is 7. The Morgan fingerprint density at radius 1 is 0.695 bits per heavy atom. The van der Waals surface area contributed by atoms with Crippen molar-refractivity contribution in [3.05, 3.63) is 185 Å². The molecule has 7 nitrogen and oxygen atoms in total. The summed E-state index contributed by atoms with van der Waals surface area (Å²) in [6, 6.07) is 29.5. The van der Waals surface area contributed by atoms with Crippen molar-refractivity contribution in [3.63, 3.8) is 0 Å². The van der Waals surface area contributed by atoms with Crippen molar-refractivity contribution in [1.29, 1.82) is 0 Å². The van der Waals surface area contributed by atoms with Crippen LogP contribution in [-0.4, -0.2) is 30.8 Å². The van der Waals surface area contributed by atoms with Crippen LogP contribution >= 0.6 is 0 Å². The van der Waals surface area contributed by atoms with Gasteiger partial charge in [0, 0.05) is 12.4 Å². The molecule has 0 N–H and O–H groups in total. The van der Waals surface area contributed by atoms with Crippen LogP contribution < -0.4 is 9.55 Å². The Hall–Kier alpha value is -6.50. The van der Waals surface area contributed by atoms with Gasteiger partial charge in [0.05, 0.1) is 0 Å². The van der Waals surface area contributed by atoms with Crippen molar-refractivity contribution in [2.24, 2.45) is 0 Å². The zero-order valence-electron chi connectivity index (χ0n) is 42.3. The molecule has 0 radical (unpaired) electrons. The van der Waals surface area contributed by atoms with Gasteiger partial charge in [-0.3, -0.25) is 0 Å². The van der Waals surface area contributed by atoms with Gasteiger partial charge in [0.1, 0.15) is 0 Å². The number of hydrogen-bond donors (Lipinski definition) is 0. The van der Waals surface area contributed by atoms with Crippen LogP contribution in [0.3, 0.4) is 0 Å². The summed E-state index contributed by atoms with van der Waals surface area (Å²) in [7, 11) is 0. The predicted octanol–water partition coefficient (Wildman–Crippen LogP) is 11.9. The molecule has 0 fully saturated rings. The molecule has 0 unspecified atom stereocenters. The molecule has 290 valence electrons. The number of fused-ring (bicyclic) bond motifs is 4. The summed E-state index contributed by atoms with van der Waals surface area (Å²) in [6.07, 6.45) is 3.60. The third kappa shape index (κ3) is 6.49. The van der Waals surface area contributed by atoms with E-state index in [-0.39, 0.29) is 40.3 Å². The number of nitrogens with zero attached hydrogens (tertiary/aromatic N) is 6. The fraction of sp³-hybridized carbons (Fsp3) is 0.100. The molecule has 10 rings (SSSR count). The Morgan fingerprint density at radius 3 is 2.05 bits per heavy atom. The monoisotopic (exact) mass is 955 g/mol. The molecule has 4 heterocycles. The van der Waals surface area contributed by atoms with Crippen molar-refractivity contribution in [2.75, 3.05) is 4.81 Å². The van der Waals surface area contributed by atoms with Crippen molar-refractivity contribution in [3.8, 4) is 56.4 Å². The number of para-hydroxylation sites is 3. The van der Waals surface area contributed by atoms with Crippen LogP contribution in [-0.2, 0) is 24.8 Å². The first-order valence-electron chi connectivity index (χ1n) is 23.9. The summed E-state index contributed by atoms with van der Waals surface area (Å²) in [4.78, 5) is 6.91. The average Bonchev–Trinajstić information content (AvgIpc) is 3.95. The maximum atomic E-state index is 9.05. The Balaban J connectivity index is 1.15. The average molecular weight is 956 g/mol. The van der Waals surface area contributed by atoms with Crippen LogP contribution in [0.5, 0.6) is 11.5 Å². The van der Waals surface area contributed by atoms with E-state index in [2.05, 4.69) is 75.1 Å². The summed E-state index contributed by atoms with van der Waals surface area (Å²) >= 11 is 2.14. The minimum atomic E-state index is -0.566. The summed E-state index contributed by atoms with van der Waals surface area (Å²) in [6.45, 7) is 8.31. The van der Waals surface area contributed by atoms with Gasteiger partial charge in [-0.15, -0.1) is 0 Å². The van der Waals surface area contributed by atoms with Crippen LogP contribution in [0.25, 0.3) is 55.9 Å². The second-order valence-electron chi connectivity index (χ2n) is 15.0. The van der Waals surface area contributed by atoms with Crippen LogP contribution in [0.15, 0.2) is 164 Å². The second-order valence-corrected chi connectivity index (χ2v) is 16.0.